The van der Waals surface area contributed by atoms with Crippen molar-refractivity contribution in [2.75, 3.05) is 33.8 Å². The lowest BCUT2D eigenvalue weighted by Crippen LogP contribution is -2.44. The maximum atomic E-state index is 13.0. The van der Waals surface area contributed by atoms with E-state index in [1.807, 2.05) is 0 Å². The van der Waals surface area contributed by atoms with Gasteiger partial charge in [0, 0.05) is 22.4 Å². The minimum atomic E-state index is -1.42. The number of hydrogen-bond donors (Lipinski definition) is 3. The summed E-state index contributed by atoms with van der Waals surface area (Å²) in [6.45, 7) is 4.94. The van der Waals surface area contributed by atoms with E-state index in [4.69, 9.17) is 0 Å². The van der Waals surface area contributed by atoms with Gasteiger partial charge in [-0.3, -0.25) is 24.0 Å². The lowest BCUT2D eigenvalue weighted by molar-refractivity contribution is -0.149. The quantitative estimate of drug-likeness (QED) is 0.183. The summed E-state index contributed by atoms with van der Waals surface area (Å²) in [6, 6.07) is 0.654. The highest BCUT2D eigenvalue weighted by atomic mass is 16.5. The minimum Gasteiger partial charge on any atom is -0.469 e. The molecule has 0 aliphatic heterocycles. The van der Waals surface area contributed by atoms with Crippen LogP contribution >= 0.6 is 0 Å². The molecule has 0 saturated carbocycles. The second-order valence-electron chi connectivity index (χ2n) is 7.69. The molecular weight excluding hydrogens is 506 g/mol. The highest BCUT2D eigenvalue weighted by Crippen LogP contribution is 2.17. The number of anilines is 1. The molecule has 0 aliphatic rings. The summed E-state index contributed by atoms with van der Waals surface area (Å²) in [5.41, 5.74) is -0.313. The normalized spacial score (nSPS) is 11.6. The van der Waals surface area contributed by atoms with Gasteiger partial charge in [0.15, 0.2) is 0 Å². The van der Waals surface area contributed by atoms with Crippen LogP contribution in [0.5, 0.6) is 0 Å². The molecule has 14 heteroatoms. The van der Waals surface area contributed by atoms with E-state index in [9.17, 15) is 33.6 Å². The number of hydrogen-bond acceptors (Lipinski definition) is 11. The third-order valence-electron chi connectivity index (χ3n) is 4.88. The fourth-order valence-corrected chi connectivity index (χ4v) is 2.85. The molecule has 3 amide bonds. The molecule has 14 nitrogen and oxygen atoms in total. The van der Waals surface area contributed by atoms with E-state index < -0.39 is 66.5 Å². The molecule has 206 valence electrons. The van der Waals surface area contributed by atoms with E-state index in [2.05, 4.69) is 41.5 Å². The highest BCUT2D eigenvalue weighted by molar-refractivity contribution is 6.07. The average Bonchev–Trinajstić information content (AvgIpc) is 2.90. The molecule has 1 aromatic carbocycles. The zero-order valence-electron chi connectivity index (χ0n) is 21.5. The summed E-state index contributed by atoms with van der Waals surface area (Å²) >= 11 is 0. The first-order valence-electron chi connectivity index (χ1n) is 10.9. The molecule has 0 spiro atoms. The van der Waals surface area contributed by atoms with Crippen LogP contribution in [-0.2, 0) is 42.9 Å². The van der Waals surface area contributed by atoms with Crippen LogP contribution in [0.15, 0.2) is 30.4 Å². The molecule has 2 atom stereocenters. The van der Waals surface area contributed by atoms with Crippen LogP contribution < -0.4 is 16.0 Å². The monoisotopic (exact) mass is 535 g/mol. The van der Waals surface area contributed by atoms with Crippen LogP contribution in [0.1, 0.15) is 40.5 Å². The fourth-order valence-electron chi connectivity index (χ4n) is 2.85. The Bertz CT molecular complexity index is 1060. The van der Waals surface area contributed by atoms with Crippen LogP contribution in [0, 0.1) is 0 Å². The Morgan fingerprint density at radius 1 is 0.711 bits per heavy atom. The molecule has 0 radical (unpaired) electrons. The number of benzene rings is 1. The zero-order valence-corrected chi connectivity index (χ0v) is 21.5. The van der Waals surface area contributed by atoms with Crippen molar-refractivity contribution in [2.45, 2.75) is 31.8 Å². The Balaban J connectivity index is 3.42. The van der Waals surface area contributed by atoms with Gasteiger partial charge < -0.3 is 34.9 Å². The van der Waals surface area contributed by atoms with Gasteiger partial charge in [-0.1, -0.05) is 6.58 Å². The molecule has 1 rings (SSSR count). The number of methoxy groups -OCH3 is 4. The van der Waals surface area contributed by atoms with E-state index in [1.54, 1.807) is 0 Å². The molecule has 3 N–H and O–H groups in total. The number of amides is 3. The molecular formula is C24H29N3O11. The lowest BCUT2D eigenvalue weighted by atomic mass is 10.1. The standard InChI is InChI=1S/C24H29N3O11/c1-12(2)20(30)25-15-8-13(21(31)26-16(23(33)37-5)10-18(28)35-3)7-14(9-15)22(32)27-17(24(34)38-6)11-19(29)36-4/h7-9,16-17H,1,10-11H2,2-6H3,(H,25,30)(H,26,31)(H,27,32)/t16-,17-/m0/s1. The third kappa shape index (κ3) is 9.37. The van der Waals surface area contributed by atoms with Crippen molar-refractivity contribution in [1.29, 1.82) is 0 Å². The van der Waals surface area contributed by atoms with Gasteiger partial charge in [0.25, 0.3) is 17.7 Å². The predicted molar refractivity (Wildman–Crippen MR) is 130 cm³/mol. The van der Waals surface area contributed by atoms with Gasteiger partial charge in [-0.15, -0.1) is 0 Å². The average molecular weight is 536 g/mol. The molecule has 0 aliphatic carbocycles. The minimum absolute atomic E-state index is 0.0130. The molecule has 0 heterocycles. The number of rotatable bonds is 12. The number of carbonyl (C=O) groups excluding carboxylic acids is 7. The van der Waals surface area contributed by atoms with E-state index >= 15 is 0 Å². The van der Waals surface area contributed by atoms with Crippen molar-refractivity contribution in [1.82, 2.24) is 10.6 Å². The van der Waals surface area contributed by atoms with Crippen molar-refractivity contribution >= 4 is 47.3 Å². The second kappa shape index (κ2) is 14.7. The van der Waals surface area contributed by atoms with Gasteiger partial charge >= 0.3 is 23.9 Å². The largest absolute Gasteiger partial charge is 0.469 e. The van der Waals surface area contributed by atoms with Gasteiger partial charge in [-0.2, -0.15) is 0 Å². The molecule has 0 aromatic heterocycles. The van der Waals surface area contributed by atoms with Gasteiger partial charge in [0.05, 0.1) is 41.3 Å². The Labute approximate surface area is 218 Å². The highest BCUT2D eigenvalue weighted by Gasteiger charge is 2.28. The first-order chi connectivity index (χ1) is 17.9. The fraction of sp³-hybridized carbons (Fsp3) is 0.375. The number of carbonyl (C=O) groups is 7. The van der Waals surface area contributed by atoms with Crippen molar-refractivity contribution in [3.05, 3.63) is 41.5 Å². The van der Waals surface area contributed by atoms with Crippen LogP contribution in [-0.4, -0.2) is 82.1 Å². The molecule has 0 fully saturated rings. The maximum Gasteiger partial charge on any atom is 0.328 e. The van der Waals surface area contributed by atoms with Crippen LogP contribution in [0.4, 0.5) is 5.69 Å². The maximum absolute atomic E-state index is 13.0. The van der Waals surface area contributed by atoms with E-state index in [0.29, 0.717) is 0 Å². The van der Waals surface area contributed by atoms with E-state index in [1.165, 1.54) is 19.1 Å². The summed E-state index contributed by atoms with van der Waals surface area (Å²) < 4.78 is 18.3. The summed E-state index contributed by atoms with van der Waals surface area (Å²) in [4.78, 5) is 85.6. The topological polar surface area (TPSA) is 192 Å². The predicted octanol–water partition coefficient (Wildman–Crippen LogP) is -0.130. The third-order valence-corrected chi connectivity index (χ3v) is 4.88. The van der Waals surface area contributed by atoms with E-state index in [-0.39, 0.29) is 22.4 Å². The smallest absolute Gasteiger partial charge is 0.328 e. The van der Waals surface area contributed by atoms with Crippen molar-refractivity contribution in [3.63, 3.8) is 0 Å². The summed E-state index contributed by atoms with van der Waals surface area (Å²) in [5.74, 6) is -5.92. The Kier molecular flexibility index (Phi) is 12.1. The molecule has 38 heavy (non-hydrogen) atoms. The second-order valence-corrected chi connectivity index (χ2v) is 7.69. The Morgan fingerprint density at radius 2 is 1.11 bits per heavy atom. The molecule has 0 saturated heterocycles. The number of ether oxygens (including phenoxy) is 4. The zero-order chi connectivity index (χ0) is 29.0. The van der Waals surface area contributed by atoms with Crippen LogP contribution in [0.2, 0.25) is 0 Å². The Morgan fingerprint density at radius 3 is 1.42 bits per heavy atom. The van der Waals surface area contributed by atoms with Crippen molar-refractivity contribution in [2.24, 2.45) is 0 Å². The van der Waals surface area contributed by atoms with Crippen LogP contribution in [0.3, 0.4) is 0 Å². The number of nitrogens with one attached hydrogen (secondary N) is 3. The van der Waals surface area contributed by atoms with Crippen molar-refractivity contribution in [3.8, 4) is 0 Å². The Hall–Kier alpha value is -4.75. The summed E-state index contributed by atoms with van der Waals surface area (Å²) in [5, 5.41) is 7.08. The molecule has 0 unspecified atom stereocenters. The van der Waals surface area contributed by atoms with E-state index in [0.717, 1.165) is 34.5 Å². The van der Waals surface area contributed by atoms with Gasteiger partial charge in [0.2, 0.25) is 0 Å². The van der Waals surface area contributed by atoms with Crippen molar-refractivity contribution < 1.29 is 52.5 Å². The van der Waals surface area contributed by atoms with Gasteiger partial charge in [0.1, 0.15) is 12.1 Å². The van der Waals surface area contributed by atoms with Gasteiger partial charge in [-0.05, 0) is 25.1 Å². The van der Waals surface area contributed by atoms with Crippen LogP contribution in [0.25, 0.3) is 0 Å². The molecule has 0 bridgehead atoms. The lowest BCUT2D eigenvalue weighted by Gasteiger charge is -2.18. The first-order valence-corrected chi connectivity index (χ1v) is 10.9. The van der Waals surface area contributed by atoms with Gasteiger partial charge in [-0.25, -0.2) is 9.59 Å². The summed E-state index contributed by atoms with van der Waals surface area (Å²) in [7, 11) is 4.31. The number of esters is 4. The summed E-state index contributed by atoms with van der Waals surface area (Å²) in [6.07, 6.45) is -1.08. The first kappa shape index (κ1) is 31.3. The SMILES string of the molecule is C=C(C)C(=O)Nc1cc(C(=O)N[C@@H](CC(=O)OC)C(=O)OC)cc(C(=O)N[C@@H](CC(=O)OC)C(=O)OC)c1. The molecule has 1 aromatic rings.